The van der Waals surface area contributed by atoms with Crippen molar-refractivity contribution in [2.75, 3.05) is 5.73 Å². The fraction of sp³-hybridized carbons (Fsp3) is 0. The van der Waals surface area contributed by atoms with Crippen molar-refractivity contribution in [1.29, 1.82) is 0 Å². The van der Waals surface area contributed by atoms with Crippen molar-refractivity contribution in [3.8, 4) is 33.8 Å². The number of anilines is 1. The molecule has 4 rings (SSSR count). The number of H-pyrrole nitrogens is 2. The minimum absolute atomic E-state index is 0.436. The van der Waals surface area contributed by atoms with Crippen LogP contribution in [0.5, 0.6) is 0 Å². The smallest absolute Gasteiger partial charge is 0.141 e. The molecule has 0 radical (unpaired) electrons. The van der Waals surface area contributed by atoms with Gasteiger partial charge in [0.05, 0.1) is 23.7 Å². The summed E-state index contributed by atoms with van der Waals surface area (Å²) in [5, 5.41) is 6.75. The molecule has 0 fully saturated rings. The number of nitrogen functional groups attached to an aromatic ring is 1. The zero-order chi connectivity index (χ0) is 15.6. The first kappa shape index (κ1) is 13.3. The van der Waals surface area contributed by atoms with E-state index in [0.717, 1.165) is 27.9 Å². The van der Waals surface area contributed by atoms with E-state index in [4.69, 9.17) is 5.73 Å². The lowest BCUT2D eigenvalue weighted by atomic mass is 10.1. The topological polar surface area (TPSA) is 96.3 Å². The SMILES string of the molecule is Nc1ncc(-c2cn[nH]c2)cc1-c1ncc(-c2ccccc2)[nH]1. The van der Waals surface area contributed by atoms with Gasteiger partial charge >= 0.3 is 0 Å². The molecule has 0 aliphatic rings. The molecular weight excluding hydrogens is 288 g/mol. The minimum atomic E-state index is 0.436. The highest BCUT2D eigenvalue weighted by atomic mass is 15.1. The lowest BCUT2D eigenvalue weighted by molar-refractivity contribution is 1.09. The van der Waals surface area contributed by atoms with Crippen LogP contribution >= 0.6 is 0 Å². The number of hydrogen-bond acceptors (Lipinski definition) is 4. The molecule has 0 amide bonds. The van der Waals surface area contributed by atoms with Crippen LogP contribution < -0.4 is 5.73 Å². The molecule has 0 unspecified atom stereocenters. The van der Waals surface area contributed by atoms with Crippen molar-refractivity contribution in [1.82, 2.24) is 25.1 Å². The highest BCUT2D eigenvalue weighted by Crippen LogP contribution is 2.29. The van der Waals surface area contributed by atoms with Crippen LogP contribution in [-0.2, 0) is 0 Å². The summed E-state index contributed by atoms with van der Waals surface area (Å²) in [6.45, 7) is 0. The first-order valence-corrected chi connectivity index (χ1v) is 7.17. The van der Waals surface area contributed by atoms with Crippen LogP contribution in [0.2, 0.25) is 0 Å². The van der Waals surface area contributed by atoms with E-state index in [1.54, 1.807) is 18.6 Å². The van der Waals surface area contributed by atoms with Crippen molar-refractivity contribution < 1.29 is 0 Å². The quantitative estimate of drug-likeness (QED) is 0.541. The van der Waals surface area contributed by atoms with E-state index in [0.29, 0.717) is 11.6 Å². The Bertz CT molecular complexity index is 925. The van der Waals surface area contributed by atoms with Gasteiger partial charge in [-0.15, -0.1) is 0 Å². The molecule has 0 bridgehead atoms. The second kappa shape index (κ2) is 5.42. The van der Waals surface area contributed by atoms with Crippen molar-refractivity contribution in [2.45, 2.75) is 0 Å². The van der Waals surface area contributed by atoms with Gasteiger partial charge in [0.1, 0.15) is 11.6 Å². The lowest BCUT2D eigenvalue weighted by Gasteiger charge is -2.04. The number of aromatic nitrogens is 5. The maximum Gasteiger partial charge on any atom is 0.141 e. The van der Waals surface area contributed by atoms with Crippen LogP contribution in [0.15, 0.2) is 61.2 Å². The number of pyridine rings is 1. The van der Waals surface area contributed by atoms with E-state index >= 15 is 0 Å². The molecule has 0 aliphatic heterocycles. The van der Waals surface area contributed by atoms with E-state index in [2.05, 4.69) is 25.1 Å². The first-order valence-electron chi connectivity index (χ1n) is 7.17. The Morgan fingerprint density at radius 3 is 2.52 bits per heavy atom. The Morgan fingerprint density at radius 1 is 0.870 bits per heavy atom. The van der Waals surface area contributed by atoms with Crippen LogP contribution in [0.1, 0.15) is 0 Å². The highest BCUT2D eigenvalue weighted by Gasteiger charge is 2.11. The van der Waals surface area contributed by atoms with Crippen LogP contribution in [0.3, 0.4) is 0 Å². The van der Waals surface area contributed by atoms with Crippen molar-refractivity contribution in [2.24, 2.45) is 0 Å². The van der Waals surface area contributed by atoms with Gasteiger partial charge in [-0.2, -0.15) is 5.10 Å². The third-order valence-electron chi connectivity index (χ3n) is 3.67. The van der Waals surface area contributed by atoms with Crippen molar-refractivity contribution in [3.63, 3.8) is 0 Å². The summed E-state index contributed by atoms with van der Waals surface area (Å²) >= 11 is 0. The van der Waals surface area contributed by atoms with E-state index in [1.165, 1.54) is 0 Å². The van der Waals surface area contributed by atoms with Crippen molar-refractivity contribution >= 4 is 5.82 Å². The zero-order valence-electron chi connectivity index (χ0n) is 12.2. The standard InChI is InChI=1S/C17H14N6/c18-16-14(6-12(7-19-16)13-8-21-22-9-13)17-20-10-15(23-17)11-4-2-1-3-5-11/h1-10H,(H2,18,19)(H,20,23)(H,21,22). The summed E-state index contributed by atoms with van der Waals surface area (Å²) in [6.07, 6.45) is 7.09. The molecule has 23 heavy (non-hydrogen) atoms. The fourth-order valence-corrected chi connectivity index (χ4v) is 2.45. The second-order valence-corrected chi connectivity index (χ2v) is 5.16. The zero-order valence-corrected chi connectivity index (χ0v) is 12.2. The summed E-state index contributed by atoms with van der Waals surface area (Å²) in [5.74, 6) is 1.13. The molecule has 3 heterocycles. The summed E-state index contributed by atoms with van der Waals surface area (Å²) in [4.78, 5) is 12.0. The highest BCUT2D eigenvalue weighted by molar-refractivity contribution is 5.76. The molecule has 0 atom stereocenters. The van der Waals surface area contributed by atoms with Gasteiger partial charge in [0.2, 0.25) is 0 Å². The molecule has 6 nitrogen and oxygen atoms in total. The maximum absolute atomic E-state index is 6.03. The van der Waals surface area contributed by atoms with Crippen LogP contribution in [0, 0.1) is 0 Å². The van der Waals surface area contributed by atoms with Gasteiger partial charge in [-0.3, -0.25) is 5.10 Å². The molecule has 0 saturated carbocycles. The van der Waals surface area contributed by atoms with E-state index < -0.39 is 0 Å². The average molecular weight is 302 g/mol. The Balaban J connectivity index is 1.76. The largest absolute Gasteiger partial charge is 0.383 e. The van der Waals surface area contributed by atoms with Gasteiger partial charge in [0.15, 0.2) is 0 Å². The summed E-state index contributed by atoms with van der Waals surface area (Å²) < 4.78 is 0. The van der Waals surface area contributed by atoms with Gasteiger partial charge < -0.3 is 10.7 Å². The summed E-state index contributed by atoms with van der Waals surface area (Å²) in [6, 6.07) is 12.0. The predicted octanol–water partition coefficient (Wildman–Crippen LogP) is 3.11. The van der Waals surface area contributed by atoms with E-state index in [9.17, 15) is 0 Å². The summed E-state index contributed by atoms with van der Waals surface area (Å²) in [7, 11) is 0. The molecular formula is C17H14N6. The average Bonchev–Trinajstić information content (AvgIpc) is 3.28. The number of nitrogens with one attached hydrogen (secondary N) is 2. The monoisotopic (exact) mass is 302 g/mol. The summed E-state index contributed by atoms with van der Waals surface area (Å²) in [5.41, 5.74) is 10.7. The number of hydrogen-bond donors (Lipinski definition) is 3. The van der Waals surface area contributed by atoms with E-state index in [1.807, 2.05) is 42.6 Å². The van der Waals surface area contributed by atoms with Crippen LogP contribution in [-0.4, -0.2) is 25.1 Å². The molecule has 6 heteroatoms. The number of imidazole rings is 1. The third kappa shape index (κ3) is 2.46. The van der Waals surface area contributed by atoms with Gasteiger partial charge in [0, 0.05) is 23.5 Å². The molecule has 0 aliphatic carbocycles. The van der Waals surface area contributed by atoms with Gasteiger partial charge in [-0.1, -0.05) is 30.3 Å². The van der Waals surface area contributed by atoms with E-state index in [-0.39, 0.29) is 0 Å². The second-order valence-electron chi connectivity index (χ2n) is 5.16. The van der Waals surface area contributed by atoms with Crippen LogP contribution in [0.25, 0.3) is 33.8 Å². The number of aromatic amines is 2. The molecule has 112 valence electrons. The number of nitrogens with two attached hydrogens (primary N) is 1. The Morgan fingerprint density at radius 2 is 1.74 bits per heavy atom. The molecule has 1 aromatic carbocycles. The normalized spacial score (nSPS) is 10.8. The number of rotatable bonds is 3. The maximum atomic E-state index is 6.03. The lowest BCUT2D eigenvalue weighted by Crippen LogP contribution is -1.96. The fourth-order valence-electron chi connectivity index (χ4n) is 2.45. The molecule has 0 spiro atoms. The molecule has 4 aromatic rings. The number of nitrogens with zero attached hydrogens (tertiary/aromatic N) is 3. The van der Waals surface area contributed by atoms with Gasteiger partial charge in [-0.25, -0.2) is 9.97 Å². The van der Waals surface area contributed by atoms with Crippen LogP contribution in [0.4, 0.5) is 5.82 Å². The third-order valence-corrected chi connectivity index (χ3v) is 3.67. The Hall–Kier alpha value is -3.41. The Labute approximate surface area is 132 Å². The molecule has 0 saturated heterocycles. The first-order chi connectivity index (χ1) is 11.3. The number of benzene rings is 1. The van der Waals surface area contributed by atoms with Crippen molar-refractivity contribution in [3.05, 3.63) is 61.2 Å². The Kier molecular flexibility index (Phi) is 3.12. The minimum Gasteiger partial charge on any atom is -0.383 e. The molecule has 4 N–H and O–H groups in total. The van der Waals surface area contributed by atoms with Gasteiger partial charge in [-0.05, 0) is 11.6 Å². The molecule has 3 aromatic heterocycles. The predicted molar refractivity (Wildman–Crippen MR) is 89.2 cm³/mol. The van der Waals surface area contributed by atoms with Gasteiger partial charge in [0.25, 0.3) is 0 Å².